The van der Waals surface area contributed by atoms with Gasteiger partial charge in [-0.3, -0.25) is 9.10 Å². The topological polar surface area (TPSA) is 112 Å². The summed E-state index contributed by atoms with van der Waals surface area (Å²) in [5.41, 5.74) is 0.661. The molecule has 0 fully saturated rings. The zero-order valence-corrected chi connectivity index (χ0v) is 11.8. The van der Waals surface area contributed by atoms with Gasteiger partial charge in [-0.2, -0.15) is 0 Å². The lowest BCUT2D eigenvalue weighted by Crippen LogP contribution is -2.32. The number of carboxylic acid groups (broad SMARTS) is 2. The molecule has 1 rings (SSSR count). The number of sulfonamides is 1. The summed E-state index contributed by atoms with van der Waals surface area (Å²) in [5, 5.41) is 17.6. The standard InChI is InChI=1S/C12H15NO6S/c1-8-3-4-9(12(16)17)7-10(8)13(20(2,18)19)6-5-11(14)15/h3-4,7H,5-6H2,1-2H3,(H,14,15)(H,16,17). The van der Waals surface area contributed by atoms with Crippen LogP contribution in [0.4, 0.5) is 5.69 Å². The van der Waals surface area contributed by atoms with Gasteiger partial charge in [0.05, 0.1) is 23.9 Å². The van der Waals surface area contributed by atoms with Gasteiger partial charge in [-0.25, -0.2) is 13.2 Å². The van der Waals surface area contributed by atoms with E-state index in [0.717, 1.165) is 10.6 Å². The maximum atomic E-state index is 11.8. The monoisotopic (exact) mass is 301 g/mol. The minimum absolute atomic E-state index is 0.0606. The van der Waals surface area contributed by atoms with Crippen molar-refractivity contribution in [3.05, 3.63) is 29.3 Å². The van der Waals surface area contributed by atoms with Crippen LogP contribution in [0.5, 0.6) is 0 Å². The molecule has 1 aromatic carbocycles. The van der Waals surface area contributed by atoms with Crippen LogP contribution in [0, 0.1) is 6.92 Å². The zero-order chi connectivity index (χ0) is 15.5. The predicted octanol–water partition coefficient (Wildman–Crippen LogP) is 0.934. The summed E-state index contributed by atoms with van der Waals surface area (Å²) >= 11 is 0. The van der Waals surface area contributed by atoms with Gasteiger partial charge in [-0.1, -0.05) is 6.07 Å². The molecular formula is C12H15NO6S. The molecule has 0 amide bonds. The number of aliphatic carboxylic acids is 1. The summed E-state index contributed by atoms with van der Waals surface area (Å²) in [6, 6.07) is 4.07. The maximum Gasteiger partial charge on any atom is 0.335 e. The highest BCUT2D eigenvalue weighted by Crippen LogP contribution is 2.24. The fraction of sp³-hybridized carbons (Fsp3) is 0.333. The van der Waals surface area contributed by atoms with Crippen molar-refractivity contribution in [3.63, 3.8) is 0 Å². The number of carbonyl (C=O) groups is 2. The highest BCUT2D eigenvalue weighted by molar-refractivity contribution is 7.92. The van der Waals surface area contributed by atoms with E-state index in [1.54, 1.807) is 6.92 Å². The van der Waals surface area contributed by atoms with Gasteiger partial charge in [-0.05, 0) is 24.6 Å². The molecular weight excluding hydrogens is 286 g/mol. The normalized spacial score (nSPS) is 11.1. The molecule has 20 heavy (non-hydrogen) atoms. The van der Waals surface area contributed by atoms with Crippen molar-refractivity contribution in [2.24, 2.45) is 0 Å². The van der Waals surface area contributed by atoms with E-state index in [1.807, 2.05) is 0 Å². The second kappa shape index (κ2) is 5.91. The first-order valence-electron chi connectivity index (χ1n) is 5.66. The third-order valence-electron chi connectivity index (χ3n) is 2.65. The van der Waals surface area contributed by atoms with Crippen LogP contribution >= 0.6 is 0 Å². The summed E-state index contributed by atoms with van der Waals surface area (Å²) in [6.45, 7) is 1.37. The summed E-state index contributed by atoms with van der Waals surface area (Å²) in [4.78, 5) is 21.5. The summed E-state index contributed by atoms with van der Waals surface area (Å²) in [6.07, 6.45) is 0.575. The lowest BCUT2D eigenvalue weighted by molar-refractivity contribution is -0.136. The van der Waals surface area contributed by atoms with Crippen LogP contribution in [0.2, 0.25) is 0 Å². The van der Waals surface area contributed by atoms with E-state index in [2.05, 4.69) is 0 Å². The highest BCUT2D eigenvalue weighted by atomic mass is 32.2. The molecule has 110 valence electrons. The van der Waals surface area contributed by atoms with Gasteiger partial charge in [0.2, 0.25) is 10.0 Å². The fourth-order valence-electron chi connectivity index (χ4n) is 1.67. The Labute approximate surface area is 116 Å². The molecule has 0 aromatic heterocycles. The lowest BCUT2D eigenvalue weighted by Gasteiger charge is -2.23. The van der Waals surface area contributed by atoms with Crippen LogP contribution < -0.4 is 4.31 Å². The molecule has 0 heterocycles. The second-order valence-electron chi connectivity index (χ2n) is 4.29. The maximum absolute atomic E-state index is 11.8. The molecule has 0 bridgehead atoms. The first kappa shape index (κ1) is 16.0. The number of nitrogens with zero attached hydrogens (tertiary/aromatic N) is 1. The molecule has 0 spiro atoms. The molecule has 0 saturated heterocycles. The molecule has 0 aliphatic carbocycles. The number of rotatable bonds is 6. The number of benzene rings is 1. The predicted molar refractivity (Wildman–Crippen MR) is 72.6 cm³/mol. The number of hydrogen-bond acceptors (Lipinski definition) is 4. The Morgan fingerprint density at radius 2 is 1.85 bits per heavy atom. The van der Waals surface area contributed by atoms with Crippen LogP contribution in [0.25, 0.3) is 0 Å². The van der Waals surface area contributed by atoms with Gasteiger partial charge in [0.15, 0.2) is 0 Å². The van der Waals surface area contributed by atoms with Crippen molar-refractivity contribution < 1.29 is 28.2 Å². The molecule has 0 radical (unpaired) electrons. The van der Waals surface area contributed by atoms with E-state index in [1.165, 1.54) is 18.2 Å². The number of aromatic carboxylic acids is 1. The quantitative estimate of drug-likeness (QED) is 0.808. The first-order valence-corrected chi connectivity index (χ1v) is 7.51. The Bertz CT molecular complexity index is 637. The molecule has 0 atom stereocenters. The number of carboxylic acids is 2. The van der Waals surface area contributed by atoms with E-state index in [9.17, 15) is 18.0 Å². The molecule has 0 unspecified atom stereocenters. The van der Waals surface area contributed by atoms with Crippen LogP contribution in [-0.4, -0.2) is 43.4 Å². The minimum Gasteiger partial charge on any atom is -0.481 e. The molecule has 7 nitrogen and oxygen atoms in total. The van der Waals surface area contributed by atoms with Gasteiger partial charge in [-0.15, -0.1) is 0 Å². The summed E-state index contributed by atoms with van der Waals surface area (Å²) in [7, 11) is -3.70. The highest BCUT2D eigenvalue weighted by Gasteiger charge is 2.21. The van der Waals surface area contributed by atoms with E-state index < -0.39 is 22.0 Å². The van der Waals surface area contributed by atoms with Crippen LogP contribution in [0.1, 0.15) is 22.3 Å². The van der Waals surface area contributed by atoms with E-state index in [-0.39, 0.29) is 24.2 Å². The molecule has 0 aliphatic heterocycles. The Morgan fingerprint density at radius 3 is 2.30 bits per heavy atom. The van der Waals surface area contributed by atoms with Gasteiger partial charge < -0.3 is 10.2 Å². The Morgan fingerprint density at radius 1 is 1.25 bits per heavy atom. The number of aryl methyl sites for hydroxylation is 1. The third kappa shape index (κ3) is 3.95. The Balaban J connectivity index is 3.29. The van der Waals surface area contributed by atoms with Crippen molar-refractivity contribution in [2.75, 3.05) is 17.1 Å². The molecule has 1 aromatic rings. The fourth-order valence-corrected chi connectivity index (χ4v) is 2.65. The largest absolute Gasteiger partial charge is 0.481 e. The minimum atomic E-state index is -3.70. The smallest absolute Gasteiger partial charge is 0.335 e. The lowest BCUT2D eigenvalue weighted by atomic mass is 10.1. The summed E-state index contributed by atoms with van der Waals surface area (Å²) in [5.74, 6) is -2.32. The summed E-state index contributed by atoms with van der Waals surface area (Å²) < 4.78 is 24.4. The average molecular weight is 301 g/mol. The van der Waals surface area contributed by atoms with Gasteiger partial charge in [0.1, 0.15) is 0 Å². The van der Waals surface area contributed by atoms with Crippen molar-refractivity contribution in [1.82, 2.24) is 0 Å². The van der Waals surface area contributed by atoms with Crippen molar-refractivity contribution in [1.29, 1.82) is 0 Å². The van der Waals surface area contributed by atoms with Crippen LogP contribution in [0.15, 0.2) is 18.2 Å². The average Bonchev–Trinajstić information content (AvgIpc) is 2.29. The SMILES string of the molecule is Cc1ccc(C(=O)O)cc1N(CCC(=O)O)S(C)(=O)=O. The van der Waals surface area contributed by atoms with Crippen molar-refractivity contribution >= 4 is 27.6 Å². The Kier molecular flexibility index (Phi) is 4.72. The van der Waals surface area contributed by atoms with Gasteiger partial charge in [0, 0.05) is 6.54 Å². The Hall–Kier alpha value is -2.09. The van der Waals surface area contributed by atoms with Crippen LogP contribution in [-0.2, 0) is 14.8 Å². The van der Waals surface area contributed by atoms with Crippen molar-refractivity contribution in [2.45, 2.75) is 13.3 Å². The number of anilines is 1. The second-order valence-corrected chi connectivity index (χ2v) is 6.19. The molecule has 0 aliphatic rings. The van der Waals surface area contributed by atoms with Gasteiger partial charge >= 0.3 is 11.9 Å². The first-order chi connectivity index (χ1) is 9.12. The van der Waals surface area contributed by atoms with Crippen molar-refractivity contribution in [3.8, 4) is 0 Å². The molecule has 0 saturated carbocycles. The van der Waals surface area contributed by atoms with Gasteiger partial charge in [0.25, 0.3) is 0 Å². The van der Waals surface area contributed by atoms with E-state index in [0.29, 0.717) is 5.56 Å². The molecule has 2 N–H and O–H groups in total. The third-order valence-corrected chi connectivity index (χ3v) is 3.83. The molecule has 8 heteroatoms. The van der Waals surface area contributed by atoms with E-state index >= 15 is 0 Å². The number of hydrogen-bond donors (Lipinski definition) is 2. The van der Waals surface area contributed by atoms with Crippen LogP contribution in [0.3, 0.4) is 0 Å². The zero-order valence-electron chi connectivity index (χ0n) is 11.0. The van der Waals surface area contributed by atoms with E-state index in [4.69, 9.17) is 10.2 Å².